The van der Waals surface area contributed by atoms with E-state index >= 15 is 0 Å². The van der Waals surface area contributed by atoms with Crippen LogP contribution in [0.2, 0.25) is 0 Å². The zero-order valence-electron chi connectivity index (χ0n) is 14.9. The number of hydrogen-bond donors (Lipinski definition) is 2. The number of benzene rings is 1. The quantitative estimate of drug-likeness (QED) is 0.571. The van der Waals surface area contributed by atoms with E-state index in [-0.39, 0.29) is 11.5 Å². The lowest BCUT2D eigenvalue weighted by atomic mass is 10.1. The number of carbonyl (C=O) groups excluding carboxylic acids is 1. The van der Waals surface area contributed by atoms with Crippen molar-refractivity contribution < 1.29 is 4.79 Å². The summed E-state index contributed by atoms with van der Waals surface area (Å²) in [5.74, 6) is -0.0845. The summed E-state index contributed by atoms with van der Waals surface area (Å²) in [6.07, 6.45) is 5.70. The van der Waals surface area contributed by atoms with Crippen LogP contribution in [0.5, 0.6) is 0 Å². The Kier molecular flexibility index (Phi) is 4.42. The first kappa shape index (κ1) is 17.0. The minimum Gasteiger partial charge on any atom is -0.326 e. The Labute approximate surface area is 155 Å². The highest BCUT2D eigenvalue weighted by Crippen LogP contribution is 2.22. The van der Waals surface area contributed by atoms with Crippen molar-refractivity contribution in [1.29, 1.82) is 0 Å². The van der Waals surface area contributed by atoms with E-state index in [0.717, 1.165) is 22.0 Å². The van der Waals surface area contributed by atoms with Crippen LogP contribution in [0, 0.1) is 6.92 Å². The highest BCUT2D eigenvalue weighted by atomic mass is 16.1. The van der Waals surface area contributed by atoms with Gasteiger partial charge in [-0.25, -0.2) is 0 Å². The predicted molar refractivity (Wildman–Crippen MR) is 105 cm³/mol. The second-order valence-electron chi connectivity index (χ2n) is 6.52. The van der Waals surface area contributed by atoms with Crippen molar-refractivity contribution >= 4 is 33.4 Å². The minimum absolute atomic E-state index is 0.0845. The summed E-state index contributed by atoms with van der Waals surface area (Å²) in [4.78, 5) is 28.9. The molecule has 7 nitrogen and oxygen atoms in total. The SMILES string of the molecule is Cc1ccc2c(c1)c1[nH]ncc1c(=O)n2CCCC(=O)Nc1ccncc1. The molecule has 3 aromatic heterocycles. The maximum absolute atomic E-state index is 12.9. The molecular weight excluding hydrogens is 342 g/mol. The average molecular weight is 361 g/mol. The maximum Gasteiger partial charge on any atom is 0.262 e. The molecule has 3 heterocycles. The molecule has 27 heavy (non-hydrogen) atoms. The highest BCUT2D eigenvalue weighted by Gasteiger charge is 2.13. The normalized spacial score (nSPS) is 11.1. The zero-order valence-corrected chi connectivity index (χ0v) is 14.9. The number of anilines is 1. The van der Waals surface area contributed by atoms with Crippen LogP contribution in [0.25, 0.3) is 21.8 Å². The van der Waals surface area contributed by atoms with Gasteiger partial charge in [-0.15, -0.1) is 0 Å². The van der Waals surface area contributed by atoms with Gasteiger partial charge < -0.3 is 9.88 Å². The van der Waals surface area contributed by atoms with Gasteiger partial charge in [-0.3, -0.25) is 19.7 Å². The number of fused-ring (bicyclic) bond motifs is 3. The molecule has 1 amide bonds. The first-order chi connectivity index (χ1) is 13.1. The lowest BCUT2D eigenvalue weighted by molar-refractivity contribution is -0.116. The molecule has 0 aliphatic carbocycles. The van der Waals surface area contributed by atoms with Crippen LogP contribution in [0.15, 0.2) is 53.7 Å². The Bertz CT molecular complexity index is 1180. The fourth-order valence-corrected chi connectivity index (χ4v) is 3.27. The van der Waals surface area contributed by atoms with E-state index in [0.29, 0.717) is 30.5 Å². The van der Waals surface area contributed by atoms with Crippen molar-refractivity contribution in [2.24, 2.45) is 0 Å². The van der Waals surface area contributed by atoms with Gasteiger partial charge in [-0.2, -0.15) is 5.10 Å². The van der Waals surface area contributed by atoms with Crippen molar-refractivity contribution in [1.82, 2.24) is 19.7 Å². The Balaban J connectivity index is 1.57. The minimum atomic E-state index is -0.0929. The lowest BCUT2D eigenvalue weighted by Gasteiger charge is -2.12. The van der Waals surface area contributed by atoms with E-state index in [9.17, 15) is 9.59 Å². The molecule has 0 atom stereocenters. The molecule has 0 aliphatic rings. The van der Waals surface area contributed by atoms with Gasteiger partial charge in [0.2, 0.25) is 5.91 Å². The van der Waals surface area contributed by atoms with E-state index in [4.69, 9.17) is 0 Å². The molecular formula is C20H19N5O2. The van der Waals surface area contributed by atoms with Gasteiger partial charge >= 0.3 is 0 Å². The molecule has 0 spiro atoms. The van der Waals surface area contributed by atoms with E-state index in [1.807, 2.05) is 25.1 Å². The number of amides is 1. The van der Waals surface area contributed by atoms with Gasteiger partial charge in [0.1, 0.15) is 0 Å². The molecule has 2 N–H and O–H groups in total. The predicted octanol–water partition coefficient (Wildman–Crippen LogP) is 3.00. The summed E-state index contributed by atoms with van der Waals surface area (Å²) < 4.78 is 1.73. The second kappa shape index (κ2) is 7.03. The molecule has 0 radical (unpaired) electrons. The second-order valence-corrected chi connectivity index (χ2v) is 6.52. The fourth-order valence-electron chi connectivity index (χ4n) is 3.27. The Hall–Kier alpha value is -3.48. The molecule has 0 bridgehead atoms. The highest BCUT2D eigenvalue weighted by molar-refractivity contribution is 6.03. The summed E-state index contributed by atoms with van der Waals surface area (Å²) in [6.45, 7) is 2.48. The van der Waals surface area contributed by atoms with Crippen molar-refractivity contribution in [2.45, 2.75) is 26.3 Å². The third kappa shape index (κ3) is 3.31. The van der Waals surface area contributed by atoms with Gasteiger partial charge in [-0.05, 0) is 37.6 Å². The number of aryl methyl sites for hydroxylation is 2. The third-order valence-corrected chi connectivity index (χ3v) is 4.58. The summed E-state index contributed by atoms with van der Waals surface area (Å²) in [5, 5.41) is 11.3. The number of pyridine rings is 2. The number of rotatable bonds is 5. The topological polar surface area (TPSA) is 92.7 Å². The van der Waals surface area contributed by atoms with Crippen molar-refractivity contribution in [2.75, 3.05) is 5.32 Å². The van der Waals surface area contributed by atoms with Crippen molar-refractivity contribution in [3.05, 3.63) is 64.8 Å². The van der Waals surface area contributed by atoms with E-state index in [1.54, 1.807) is 35.3 Å². The largest absolute Gasteiger partial charge is 0.326 e. The summed E-state index contributed by atoms with van der Waals surface area (Å²) >= 11 is 0. The van der Waals surface area contributed by atoms with Crippen LogP contribution in [0.3, 0.4) is 0 Å². The number of H-pyrrole nitrogens is 1. The Morgan fingerprint density at radius 2 is 2.00 bits per heavy atom. The number of aromatic nitrogens is 4. The molecule has 1 aromatic carbocycles. The lowest BCUT2D eigenvalue weighted by Crippen LogP contribution is -2.22. The molecule has 0 fully saturated rings. The molecule has 0 aliphatic heterocycles. The zero-order chi connectivity index (χ0) is 18.8. The number of carbonyl (C=O) groups is 1. The molecule has 136 valence electrons. The summed E-state index contributed by atoms with van der Waals surface area (Å²) in [6, 6.07) is 9.46. The van der Waals surface area contributed by atoms with Crippen molar-refractivity contribution in [3.63, 3.8) is 0 Å². The smallest absolute Gasteiger partial charge is 0.262 e. The van der Waals surface area contributed by atoms with E-state index < -0.39 is 0 Å². The van der Waals surface area contributed by atoms with Crippen LogP contribution >= 0.6 is 0 Å². The van der Waals surface area contributed by atoms with Crippen LogP contribution in [0.4, 0.5) is 5.69 Å². The van der Waals surface area contributed by atoms with Crippen molar-refractivity contribution in [3.8, 4) is 0 Å². The molecule has 4 aromatic rings. The average Bonchev–Trinajstić information content (AvgIpc) is 3.16. The molecule has 0 saturated heterocycles. The van der Waals surface area contributed by atoms with Crippen LogP contribution in [-0.2, 0) is 11.3 Å². The summed E-state index contributed by atoms with van der Waals surface area (Å²) in [7, 11) is 0. The van der Waals surface area contributed by atoms with Crippen LogP contribution < -0.4 is 10.9 Å². The Morgan fingerprint density at radius 1 is 1.19 bits per heavy atom. The third-order valence-electron chi connectivity index (χ3n) is 4.58. The standard InChI is InChI=1S/C20H19N5O2/c1-13-4-5-17-15(11-13)19-16(12-22-24-19)20(27)25(17)10-2-3-18(26)23-14-6-8-21-9-7-14/h4-9,11-12H,2-3,10H2,1H3,(H,22,24)(H,21,23,26). The van der Waals surface area contributed by atoms with Gasteiger partial charge in [-0.1, -0.05) is 11.6 Å². The van der Waals surface area contributed by atoms with Gasteiger partial charge in [0.05, 0.1) is 22.6 Å². The number of nitrogens with zero attached hydrogens (tertiary/aromatic N) is 3. The first-order valence-electron chi connectivity index (χ1n) is 8.79. The number of hydrogen-bond acceptors (Lipinski definition) is 4. The van der Waals surface area contributed by atoms with E-state index in [1.165, 1.54) is 0 Å². The summed E-state index contributed by atoms with van der Waals surface area (Å²) in [5.41, 5.74) is 3.33. The molecule has 7 heteroatoms. The molecule has 0 saturated carbocycles. The monoisotopic (exact) mass is 361 g/mol. The molecule has 0 unspecified atom stereocenters. The van der Waals surface area contributed by atoms with Gasteiger partial charge in [0.25, 0.3) is 5.56 Å². The first-order valence-corrected chi connectivity index (χ1v) is 8.79. The Morgan fingerprint density at radius 3 is 2.81 bits per heavy atom. The van der Waals surface area contributed by atoms with E-state index in [2.05, 4.69) is 20.5 Å². The molecule has 4 rings (SSSR count). The maximum atomic E-state index is 12.9. The van der Waals surface area contributed by atoms with Crippen LogP contribution in [0.1, 0.15) is 18.4 Å². The van der Waals surface area contributed by atoms with Gasteiger partial charge in [0, 0.05) is 36.4 Å². The van der Waals surface area contributed by atoms with Gasteiger partial charge in [0.15, 0.2) is 0 Å². The number of aromatic amines is 1. The van der Waals surface area contributed by atoms with Crippen LogP contribution in [-0.4, -0.2) is 25.7 Å². The fraction of sp³-hybridized carbons (Fsp3) is 0.200. The number of nitrogens with one attached hydrogen (secondary N) is 2.